The van der Waals surface area contributed by atoms with Gasteiger partial charge in [0.1, 0.15) is 5.82 Å². The third kappa shape index (κ3) is 3.17. The molecule has 104 valence electrons. The molecule has 2 nitrogen and oxygen atoms in total. The highest BCUT2D eigenvalue weighted by molar-refractivity contribution is 6.30. The Balaban J connectivity index is 2.43. The number of carbonyl (C=O) groups excluding carboxylic acids is 1. The minimum Gasteiger partial charge on any atom is -0.469 e. The van der Waals surface area contributed by atoms with Gasteiger partial charge in [-0.15, -0.1) is 0 Å². The van der Waals surface area contributed by atoms with Gasteiger partial charge in [-0.3, -0.25) is 4.79 Å². The first-order valence-electron chi connectivity index (χ1n) is 6.15. The summed E-state index contributed by atoms with van der Waals surface area (Å²) in [4.78, 5) is 11.6. The molecular weight excluding hydrogens is 279 g/mol. The van der Waals surface area contributed by atoms with Crippen LogP contribution in [0.15, 0.2) is 42.5 Å². The van der Waals surface area contributed by atoms with Crippen LogP contribution in [-0.4, -0.2) is 13.1 Å². The summed E-state index contributed by atoms with van der Waals surface area (Å²) in [5, 5.41) is 0.619. The molecule has 0 bridgehead atoms. The molecule has 0 aliphatic carbocycles. The molecule has 0 unspecified atom stereocenters. The molecule has 2 aromatic carbocycles. The molecule has 0 aromatic heterocycles. The van der Waals surface area contributed by atoms with Crippen molar-refractivity contribution in [3.63, 3.8) is 0 Å². The molecule has 0 spiro atoms. The first kappa shape index (κ1) is 14.5. The minimum atomic E-state index is -0.512. The van der Waals surface area contributed by atoms with Crippen molar-refractivity contribution in [1.82, 2.24) is 0 Å². The Hall–Kier alpha value is -1.87. The minimum absolute atomic E-state index is 0.386. The lowest BCUT2D eigenvalue weighted by Gasteiger charge is -2.12. The van der Waals surface area contributed by atoms with Crippen molar-refractivity contribution < 1.29 is 13.9 Å². The highest BCUT2D eigenvalue weighted by Gasteiger charge is 2.17. The summed E-state index contributed by atoms with van der Waals surface area (Å²) < 4.78 is 18.4. The van der Waals surface area contributed by atoms with E-state index in [4.69, 9.17) is 11.6 Å². The molecule has 0 saturated heterocycles. The zero-order valence-electron chi connectivity index (χ0n) is 11.2. The molecule has 4 heteroatoms. The Kier molecular flexibility index (Phi) is 4.40. The van der Waals surface area contributed by atoms with Crippen LogP contribution in [0.25, 0.3) is 11.1 Å². The number of benzene rings is 2. The quantitative estimate of drug-likeness (QED) is 0.783. The van der Waals surface area contributed by atoms with Crippen LogP contribution in [-0.2, 0) is 9.53 Å². The molecule has 0 aliphatic heterocycles. The van der Waals surface area contributed by atoms with Crippen LogP contribution in [0.2, 0.25) is 5.02 Å². The average molecular weight is 293 g/mol. The predicted molar refractivity (Wildman–Crippen MR) is 77.3 cm³/mol. The van der Waals surface area contributed by atoms with Crippen LogP contribution in [0.5, 0.6) is 0 Å². The molecule has 0 fully saturated rings. The van der Waals surface area contributed by atoms with Gasteiger partial charge in [0.05, 0.1) is 13.0 Å². The van der Waals surface area contributed by atoms with Gasteiger partial charge in [0, 0.05) is 5.02 Å². The van der Waals surface area contributed by atoms with E-state index < -0.39 is 11.9 Å². The lowest BCUT2D eigenvalue weighted by molar-refractivity contribution is -0.141. The maximum atomic E-state index is 13.7. The average Bonchev–Trinajstić information content (AvgIpc) is 2.45. The number of carbonyl (C=O) groups is 1. The summed E-state index contributed by atoms with van der Waals surface area (Å²) >= 11 is 5.84. The van der Waals surface area contributed by atoms with Crippen LogP contribution < -0.4 is 0 Å². The topological polar surface area (TPSA) is 26.3 Å². The maximum Gasteiger partial charge on any atom is 0.312 e. The molecular formula is C16H14ClFO2. The van der Waals surface area contributed by atoms with Gasteiger partial charge >= 0.3 is 5.97 Å². The normalized spacial score (nSPS) is 12.0. The fourth-order valence-corrected chi connectivity index (χ4v) is 2.11. The molecule has 1 atom stereocenters. The first-order chi connectivity index (χ1) is 9.51. The molecule has 0 heterocycles. The fourth-order valence-electron chi connectivity index (χ4n) is 1.98. The van der Waals surface area contributed by atoms with Crippen molar-refractivity contribution in [3.8, 4) is 11.1 Å². The van der Waals surface area contributed by atoms with Gasteiger partial charge in [-0.2, -0.15) is 0 Å². The highest BCUT2D eigenvalue weighted by atomic mass is 35.5. The van der Waals surface area contributed by atoms with E-state index in [1.165, 1.54) is 19.2 Å². The van der Waals surface area contributed by atoms with Crippen molar-refractivity contribution in [3.05, 3.63) is 58.9 Å². The fraction of sp³-hybridized carbons (Fsp3) is 0.188. The van der Waals surface area contributed by atoms with Crippen molar-refractivity contribution in [2.45, 2.75) is 12.8 Å². The number of hydrogen-bond acceptors (Lipinski definition) is 2. The van der Waals surface area contributed by atoms with Gasteiger partial charge in [-0.1, -0.05) is 29.8 Å². The molecule has 0 radical (unpaired) electrons. The number of methoxy groups -OCH3 is 1. The van der Waals surface area contributed by atoms with Gasteiger partial charge in [-0.05, 0) is 47.9 Å². The largest absolute Gasteiger partial charge is 0.469 e. The maximum absolute atomic E-state index is 13.7. The summed E-state index contributed by atoms with van der Waals surface area (Å²) in [7, 11) is 1.32. The highest BCUT2D eigenvalue weighted by Crippen LogP contribution is 2.27. The number of halogens is 2. The van der Waals surface area contributed by atoms with Crippen LogP contribution in [0, 0.1) is 5.82 Å². The summed E-state index contributed by atoms with van der Waals surface area (Å²) in [6.45, 7) is 1.69. The Morgan fingerprint density at radius 3 is 2.40 bits per heavy atom. The molecule has 2 rings (SSSR count). The second kappa shape index (κ2) is 6.06. The van der Waals surface area contributed by atoms with Crippen molar-refractivity contribution in [2.75, 3.05) is 7.11 Å². The molecule has 2 aromatic rings. The van der Waals surface area contributed by atoms with Crippen LogP contribution >= 0.6 is 11.6 Å². The SMILES string of the molecule is COC(=O)[C@@H](C)c1cc(F)cc(-c2ccc(Cl)cc2)c1. The number of ether oxygens (including phenoxy) is 1. The summed E-state index contributed by atoms with van der Waals surface area (Å²) in [6, 6.07) is 11.7. The van der Waals surface area contributed by atoms with Gasteiger partial charge in [0.15, 0.2) is 0 Å². The number of rotatable bonds is 3. The van der Waals surface area contributed by atoms with E-state index in [0.717, 1.165) is 5.56 Å². The second-order valence-electron chi connectivity index (χ2n) is 4.52. The predicted octanol–water partition coefficient (Wildman–Crippen LogP) is 4.42. The lowest BCUT2D eigenvalue weighted by atomic mass is 9.96. The van der Waals surface area contributed by atoms with Crippen LogP contribution in [0.1, 0.15) is 18.4 Å². The zero-order valence-corrected chi connectivity index (χ0v) is 11.9. The molecule has 0 aliphatic rings. The Morgan fingerprint density at radius 1 is 1.15 bits per heavy atom. The molecule has 20 heavy (non-hydrogen) atoms. The summed E-state index contributed by atoms with van der Waals surface area (Å²) in [5.74, 6) is -1.29. The molecule has 0 N–H and O–H groups in total. The number of hydrogen-bond donors (Lipinski definition) is 0. The Labute approximate surface area is 122 Å². The van der Waals surface area contributed by atoms with E-state index in [9.17, 15) is 9.18 Å². The van der Waals surface area contributed by atoms with E-state index in [2.05, 4.69) is 4.74 Å². The van der Waals surface area contributed by atoms with Gasteiger partial charge < -0.3 is 4.74 Å². The summed E-state index contributed by atoms with van der Waals surface area (Å²) in [6.07, 6.45) is 0. The van der Waals surface area contributed by atoms with Gasteiger partial charge in [-0.25, -0.2) is 4.39 Å². The molecule has 0 saturated carbocycles. The van der Waals surface area contributed by atoms with E-state index in [1.54, 1.807) is 25.1 Å². The number of esters is 1. The summed E-state index contributed by atoms with van der Waals surface area (Å²) in [5.41, 5.74) is 2.13. The zero-order chi connectivity index (χ0) is 14.7. The van der Waals surface area contributed by atoms with Crippen LogP contribution in [0.3, 0.4) is 0 Å². The van der Waals surface area contributed by atoms with Gasteiger partial charge in [0.25, 0.3) is 0 Å². The smallest absolute Gasteiger partial charge is 0.312 e. The molecule has 0 amide bonds. The van der Waals surface area contributed by atoms with Crippen LogP contribution in [0.4, 0.5) is 4.39 Å². The van der Waals surface area contributed by atoms with Crippen molar-refractivity contribution in [1.29, 1.82) is 0 Å². The monoisotopic (exact) mass is 292 g/mol. The van der Waals surface area contributed by atoms with E-state index >= 15 is 0 Å². The third-order valence-corrected chi connectivity index (χ3v) is 3.40. The van der Waals surface area contributed by atoms with E-state index in [0.29, 0.717) is 16.1 Å². The Bertz CT molecular complexity index is 623. The lowest BCUT2D eigenvalue weighted by Crippen LogP contribution is -2.11. The van der Waals surface area contributed by atoms with Gasteiger partial charge in [0.2, 0.25) is 0 Å². The van der Waals surface area contributed by atoms with Crippen molar-refractivity contribution in [2.24, 2.45) is 0 Å². The third-order valence-electron chi connectivity index (χ3n) is 3.15. The van der Waals surface area contributed by atoms with E-state index in [-0.39, 0.29) is 5.82 Å². The second-order valence-corrected chi connectivity index (χ2v) is 4.96. The van der Waals surface area contributed by atoms with E-state index in [1.807, 2.05) is 12.1 Å². The standard InChI is InChI=1S/C16H14ClFO2/c1-10(16(19)20-2)12-7-13(9-15(18)8-12)11-3-5-14(17)6-4-11/h3-10H,1-2H3/t10-/m0/s1. The Morgan fingerprint density at radius 2 is 1.80 bits per heavy atom. The first-order valence-corrected chi connectivity index (χ1v) is 6.53. The van der Waals surface area contributed by atoms with Crippen molar-refractivity contribution >= 4 is 17.6 Å².